The Bertz CT molecular complexity index is 937. The summed E-state index contributed by atoms with van der Waals surface area (Å²) >= 11 is 0. The topological polar surface area (TPSA) is 68.1 Å². The van der Waals surface area contributed by atoms with Crippen molar-refractivity contribution in [1.82, 2.24) is 15.0 Å². The van der Waals surface area contributed by atoms with Gasteiger partial charge in [-0.2, -0.15) is 0 Å². The van der Waals surface area contributed by atoms with Crippen LogP contribution in [-0.2, 0) is 11.3 Å². The number of carbonyl (C=O) groups is 1. The molecule has 0 spiro atoms. The Kier molecular flexibility index (Phi) is 4.33. The van der Waals surface area contributed by atoms with E-state index in [1.165, 1.54) is 29.2 Å². The van der Waals surface area contributed by atoms with Crippen molar-refractivity contribution in [2.24, 2.45) is 0 Å². The van der Waals surface area contributed by atoms with Crippen LogP contribution in [0.2, 0.25) is 0 Å². The number of amides is 1. The molecule has 0 saturated carbocycles. The first-order valence-corrected chi connectivity index (χ1v) is 7.48. The average molecular weight is 326 g/mol. The van der Waals surface area contributed by atoms with E-state index in [1.807, 2.05) is 0 Å². The second-order valence-corrected chi connectivity index (χ2v) is 5.18. The standard InChI is InChI=1S/C17H15FN4O2/c1-2-21(13-9-7-12(18)8-10-13)16(23)11-22-17(24)14-5-3-4-6-15(14)19-20-22/h3-10H,2,11H2,1H3. The van der Waals surface area contributed by atoms with Crippen molar-refractivity contribution in [3.63, 3.8) is 0 Å². The molecule has 0 unspecified atom stereocenters. The van der Waals surface area contributed by atoms with Crippen LogP contribution >= 0.6 is 0 Å². The Hall–Kier alpha value is -3.09. The van der Waals surface area contributed by atoms with Gasteiger partial charge >= 0.3 is 0 Å². The lowest BCUT2D eigenvalue weighted by Gasteiger charge is -2.21. The van der Waals surface area contributed by atoms with Gasteiger partial charge in [0.1, 0.15) is 17.9 Å². The molecule has 0 aliphatic heterocycles. The largest absolute Gasteiger partial charge is 0.311 e. The number of hydrogen-bond donors (Lipinski definition) is 0. The fraction of sp³-hybridized carbons (Fsp3) is 0.176. The summed E-state index contributed by atoms with van der Waals surface area (Å²) in [5.41, 5.74) is 0.673. The predicted molar refractivity (Wildman–Crippen MR) is 88.2 cm³/mol. The van der Waals surface area contributed by atoms with Gasteiger partial charge in [0.25, 0.3) is 5.56 Å². The smallest absolute Gasteiger partial charge is 0.278 e. The van der Waals surface area contributed by atoms with Gasteiger partial charge in [0.05, 0.1) is 5.39 Å². The Balaban J connectivity index is 1.89. The van der Waals surface area contributed by atoms with Gasteiger partial charge in [0, 0.05) is 12.2 Å². The maximum absolute atomic E-state index is 13.0. The SMILES string of the molecule is CCN(C(=O)Cn1nnc2ccccc2c1=O)c1ccc(F)cc1. The summed E-state index contributed by atoms with van der Waals surface area (Å²) in [7, 11) is 0. The maximum atomic E-state index is 13.0. The van der Waals surface area contributed by atoms with Crippen molar-refractivity contribution in [2.75, 3.05) is 11.4 Å². The van der Waals surface area contributed by atoms with E-state index in [4.69, 9.17) is 0 Å². The number of fused-ring (bicyclic) bond motifs is 1. The lowest BCUT2D eigenvalue weighted by atomic mass is 10.2. The third-order valence-electron chi connectivity index (χ3n) is 3.67. The van der Waals surface area contributed by atoms with E-state index in [2.05, 4.69) is 10.3 Å². The van der Waals surface area contributed by atoms with Gasteiger partial charge in [0.15, 0.2) is 0 Å². The zero-order chi connectivity index (χ0) is 17.1. The molecule has 122 valence electrons. The molecule has 0 saturated heterocycles. The van der Waals surface area contributed by atoms with Crippen molar-refractivity contribution in [3.8, 4) is 0 Å². The van der Waals surface area contributed by atoms with Gasteiger partial charge in [-0.25, -0.2) is 9.07 Å². The maximum Gasteiger partial charge on any atom is 0.278 e. The molecule has 0 aliphatic rings. The van der Waals surface area contributed by atoms with Crippen LogP contribution in [0.15, 0.2) is 53.3 Å². The highest BCUT2D eigenvalue weighted by Crippen LogP contribution is 2.15. The third-order valence-corrected chi connectivity index (χ3v) is 3.67. The van der Waals surface area contributed by atoms with E-state index in [1.54, 1.807) is 31.2 Å². The molecular weight excluding hydrogens is 311 g/mol. The minimum atomic E-state index is -0.376. The molecule has 0 atom stereocenters. The molecule has 2 aromatic carbocycles. The summed E-state index contributed by atoms with van der Waals surface area (Å²) in [5, 5.41) is 8.18. The van der Waals surface area contributed by atoms with Crippen molar-refractivity contribution in [1.29, 1.82) is 0 Å². The molecule has 1 aromatic heterocycles. The van der Waals surface area contributed by atoms with Crippen molar-refractivity contribution in [3.05, 3.63) is 64.7 Å². The molecule has 7 heteroatoms. The van der Waals surface area contributed by atoms with Gasteiger partial charge in [0.2, 0.25) is 5.91 Å². The van der Waals surface area contributed by atoms with Crippen LogP contribution in [-0.4, -0.2) is 27.4 Å². The minimum absolute atomic E-state index is 0.234. The van der Waals surface area contributed by atoms with E-state index in [-0.39, 0.29) is 23.8 Å². The van der Waals surface area contributed by atoms with Crippen molar-refractivity contribution in [2.45, 2.75) is 13.5 Å². The van der Waals surface area contributed by atoms with E-state index in [9.17, 15) is 14.0 Å². The first-order chi connectivity index (χ1) is 11.6. The average Bonchev–Trinajstić information content (AvgIpc) is 2.60. The van der Waals surface area contributed by atoms with Gasteiger partial charge in [-0.1, -0.05) is 17.3 Å². The molecule has 3 rings (SSSR count). The highest BCUT2D eigenvalue weighted by Gasteiger charge is 2.16. The summed E-state index contributed by atoms with van der Waals surface area (Å²) < 4.78 is 14.1. The predicted octanol–water partition coefficient (Wildman–Crippen LogP) is 1.98. The summed E-state index contributed by atoms with van der Waals surface area (Å²) in [6.07, 6.45) is 0. The molecule has 1 amide bonds. The van der Waals surface area contributed by atoms with E-state index in [0.29, 0.717) is 23.1 Å². The van der Waals surface area contributed by atoms with Crippen LogP contribution in [0.1, 0.15) is 6.92 Å². The second kappa shape index (κ2) is 6.57. The quantitative estimate of drug-likeness (QED) is 0.735. The van der Waals surface area contributed by atoms with Crippen molar-refractivity contribution < 1.29 is 9.18 Å². The van der Waals surface area contributed by atoms with Gasteiger partial charge < -0.3 is 4.90 Å². The number of benzene rings is 2. The molecule has 24 heavy (non-hydrogen) atoms. The number of halogens is 1. The fourth-order valence-electron chi connectivity index (χ4n) is 2.46. The normalized spacial score (nSPS) is 10.8. The van der Waals surface area contributed by atoms with E-state index < -0.39 is 0 Å². The molecule has 0 N–H and O–H groups in total. The summed E-state index contributed by atoms with van der Waals surface area (Å²) in [4.78, 5) is 26.4. The van der Waals surface area contributed by atoms with E-state index in [0.717, 1.165) is 4.68 Å². The fourth-order valence-corrected chi connectivity index (χ4v) is 2.46. The van der Waals surface area contributed by atoms with Gasteiger partial charge in [-0.15, -0.1) is 5.10 Å². The van der Waals surface area contributed by atoms with Gasteiger partial charge in [-0.05, 0) is 43.3 Å². The molecule has 6 nitrogen and oxygen atoms in total. The lowest BCUT2D eigenvalue weighted by molar-refractivity contribution is -0.119. The molecule has 0 fully saturated rings. The van der Waals surface area contributed by atoms with Crippen LogP contribution < -0.4 is 10.5 Å². The zero-order valence-corrected chi connectivity index (χ0v) is 13.0. The number of carbonyl (C=O) groups excluding carboxylic acids is 1. The van der Waals surface area contributed by atoms with Crippen LogP contribution in [0.4, 0.5) is 10.1 Å². The van der Waals surface area contributed by atoms with Crippen LogP contribution in [0.5, 0.6) is 0 Å². The monoisotopic (exact) mass is 326 g/mol. The van der Waals surface area contributed by atoms with Crippen molar-refractivity contribution >= 4 is 22.5 Å². The van der Waals surface area contributed by atoms with Crippen LogP contribution in [0.25, 0.3) is 10.9 Å². The number of aromatic nitrogens is 3. The van der Waals surface area contributed by atoms with Crippen LogP contribution in [0.3, 0.4) is 0 Å². The Morgan fingerprint density at radius 3 is 2.58 bits per heavy atom. The summed E-state index contributed by atoms with van der Waals surface area (Å²) in [6, 6.07) is 12.4. The Morgan fingerprint density at radius 2 is 1.88 bits per heavy atom. The third kappa shape index (κ3) is 3.01. The minimum Gasteiger partial charge on any atom is -0.311 e. The lowest BCUT2D eigenvalue weighted by Crippen LogP contribution is -2.37. The summed E-state index contributed by atoms with van der Waals surface area (Å²) in [5.74, 6) is -0.699. The first-order valence-electron chi connectivity index (χ1n) is 7.48. The summed E-state index contributed by atoms with van der Waals surface area (Å²) in [6.45, 7) is 1.96. The molecule has 0 radical (unpaired) electrons. The number of hydrogen-bond acceptors (Lipinski definition) is 4. The highest BCUT2D eigenvalue weighted by molar-refractivity contribution is 5.93. The molecule has 3 aromatic rings. The molecule has 1 heterocycles. The number of likely N-dealkylation sites (N-methyl/N-ethyl adjacent to an activating group) is 1. The first kappa shape index (κ1) is 15.8. The molecule has 0 aliphatic carbocycles. The molecule has 0 bridgehead atoms. The van der Waals surface area contributed by atoms with E-state index >= 15 is 0 Å². The Labute approximate surface area is 137 Å². The number of anilines is 1. The van der Waals surface area contributed by atoms with Gasteiger partial charge in [-0.3, -0.25) is 9.59 Å². The number of nitrogens with zero attached hydrogens (tertiary/aromatic N) is 4. The second-order valence-electron chi connectivity index (χ2n) is 5.18. The highest BCUT2D eigenvalue weighted by atomic mass is 19.1. The van der Waals surface area contributed by atoms with Crippen LogP contribution in [0, 0.1) is 5.82 Å². The zero-order valence-electron chi connectivity index (χ0n) is 13.0. The molecular formula is C17H15FN4O2. The Morgan fingerprint density at radius 1 is 1.17 bits per heavy atom. The number of rotatable bonds is 4.